The van der Waals surface area contributed by atoms with Gasteiger partial charge in [0.1, 0.15) is 18.2 Å². The molecule has 5 nitrogen and oxygen atoms in total. The summed E-state index contributed by atoms with van der Waals surface area (Å²) in [6.07, 6.45) is 6.19. The van der Waals surface area contributed by atoms with Gasteiger partial charge in [-0.1, -0.05) is 73.9 Å². The summed E-state index contributed by atoms with van der Waals surface area (Å²) in [5.41, 5.74) is 10.3. The van der Waals surface area contributed by atoms with E-state index >= 15 is 0 Å². The molecule has 180 valence electrons. The van der Waals surface area contributed by atoms with Gasteiger partial charge in [0.2, 0.25) is 5.95 Å². The Morgan fingerprint density at radius 2 is 1.53 bits per heavy atom. The fourth-order valence-corrected chi connectivity index (χ4v) is 5.11. The average Bonchev–Trinajstić information content (AvgIpc) is 2.92. The van der Waals surface area contributed by atoms with E-state index in [2.05, 4.69) is 69.9 Å². The van der Waals surface area contributed by atoms with Crippen LogP contribution >= 0.6 is 0 Å². The first-order valence-electron chi connectivity index (χ1n) is 12.8. The maximum atomic E-state index is 6.04. The second-order valence-corrected chi connectivity index (χ2v) is 9.64. The molecule has 36 heavy (non-hydrogen) atoms. The van der Waals surface area contributed by atoms with Gasteiger partial charge in [-0.05, 0) is 70.6 Å². The van der Waals surface area contributed by atoms with Crippen LogP contribution in [-0.2, 0) is 6.61 Å². The summed E-state index contributed by atoms with van der Waals surface area (Å²) in [7, 11) is 0. The zero-order valence-corrected chi connectivity index (χ0v) is 20.3. The van der Waals surface area contributed by atoms with E-state index in [1.807, 2.05) is 30.3 Å². The van der Waals surface area contributed by atoms with Gasteiger partial charge in [0.15, 0.2) is 0 Å². The normalized spacial score (nSPS) is 14.2. The molecule has 1 heterocycles. The molecule has 0 aliphatic heterocycles. The van der Waals surface area contributed by atoms with E-state index < -0.39 is 0 Å². The molecule has 0 atom stereocenters. The number of nitrogen functional groups attached to an aromatic ring is 1. The van der Waals surface area contributed by atoms with Crippen molar-refractivity contribution in [2.24, 2.45) is 0 Å². The van der Waals surface area contributed by atoms with Crippen LogP contribution in [0.15, 0.2) is 84.9 Å². The van der Waals surface area contributed by atoms with Crippen molar-refractivity contribution in [3.8, 4) is 16.9 Å². The molecule has 1 aliphatic carbocycles. The number of hydrogen-bond acceptors (Lipinski definition) is 5. The number of anilines is 2. The Bertz CT molecular complexity index is 1510. The number of nitrogens with one attached hydrogen (secondary N) is 1. The van der Waals surface area contributed by atoms with Gasteiger partial charge >= 0.3 is 0 Å². The number of fused-ring (bicyclic) bond motifs is 2. The van der Waals surface area contributed by atoms with Crippen LogP contribution in [0.2, 0.25) is 0 Å². The fraction of sp³-hybridized carbons (Fsp3) is 0.226. The fourth-order valence-electron chi connectivity index (χ4n) is 5.11. The van der Waals surface area contributed by atoms with Gasteiger partial charge in [0.05, 0.1) is 5.52 Å². The van der Waals surface area contributed by atoms with Crippen molar-refractivity contribution in [1.82, 2.24) is 9.97 Å². The van der Waals surface area contributed by atoms with Crippen molar-refractivity contribution in [1.29, 1.82) is 0 Å². The highest BCUT2D eigenvalue weighted by molar-refractivity contribution is 5.95. The van der Waals surface area contributed by atoms with Crippen molar-refractivity contribution in [2.75, 3.05) is 11.1 Å². The summed E-state index contributed by atoms with van der Waals surface area (Å²) in [4.78, 5) is 9.05. The molecule has 1 saturated carbocycles. The molecule has 1 fully saturated rings. The van der Waals surface area contributed by atoms with Crippen molar-refractivity contribution in [3.63, 3.8) is 0 Å². The molecule has 0 bridgehead atoms. The van der Waals surface area contributed by atoms with Crippen LogP contribution in [0.25, 0.3) is 32.8 Å². The van der Waals surface area contributed by atoms with Crippen molar-refractivity contribution in [2.45, 2.75) is 44.8 Å². The van der Waals surface area contributed by atoms with Gasteiger partial charge in [0, 0.05) is 11.4 Å². The number of hydrogen-bond donors (Lipinski definition) is 2. The largest absolute Gasteiger partial charge is 0.489 e. The van der Waals surface area contributed by atoms with E-state index in [-0.39, 0.29) is 0 Å². The van der Waals surface area contributed by atoms with Gasteiger partial charge in [-0.25, -0.2) is 4.98 Å². The predicted molar refractivity (Wildman–Crippen MR) is 148 cm³/mol. The Morgan fingerprint density at radius 3 is 2.39 bits per heavy atom. The SMILES string of the molecule is Nc1nc(NC2CCCCC2)c2cc(-c3ccc4cc(OCc5ccccc5)ccc4c3)ccc2n1. The minimum atomic E-state index is 0.310. The topological polar surface area (TPSA) is 73.1 Å². The van der Waals surface area contributed by atoms with Crippen LogP contribution in [-0.4, -0.2) is 16.0 Å². The first-order valence-corrected chi connectivity index (χ1v) is 12.8. The first-order chi connectivity index (χ1) is 17.7. The Hall–Kier alpha value is -4.12. The summed E-state index contributed by atoms with van der Waals surface area (Å²) in [5.74, 6) is 2.02. The number of rotatable bonds is 6. The summed E-state index contributed by atoms with van der Waals surface area (Å²) in [5, 5.41) is 7.00. The number of benzene rings is 4. The van der Waals surface area contributed by atoms with Crippen LogP contribution in [0.3, 0.4) is 0 Å². The quantitative estimate of drug-likeness (QED) is 0.269. The average molecular weight is 475 g/mol. The second-order valence-electron chi connectivity index (χ2n) is 9.64. The predicted octanol–water partition coefficient (Wildman–Crippen LogP) is 7.36. The highest BCUT2D eigenvalue weighted by atomic mass is 16.5. The molecule has 1 aliphatic rings. The van der Waals surface area contributed by atoms with E-state index in [1.165, 1.54) is 37.5 Å². The van der Waals surface area contributed by atoms with E-state index in [4.69, 9.17) is 10.5 Å². The third-order valence-corrected chi connectivity index (χ3v) is 7.05. The molecule has 0 unspecified atom stereocenters. The summed E-state index contributed by atoms with van der Waals surface area (Å²) in [6.45, 7) is 0.561. The molecule has 0 radical (unpaired) electrons. The molecule has 1 aromatic heterocycles. The standard InChI is InChI=1S/C31H30N4O/c32-31-34-29-16-14-25(19-28(29)30(35-31)33-26-9-5-2-6-10-26)22-11-12-24-18-27(15-13-23(24)17-22)36-20-21-7-3-1-4-8-21/h1,3-4,7-8,11-19,26H,2,5-6,9-10,20H2,(H3,32,33,34,35). The Labute approximate surface area is 211 Å². The lowest BCUT2D eigenvalue weighted by molar-refractivity contribution is 0.306. The summed E-state index contributed by atoms with van der Waals surface area (Å²) < 4.78 is 6.02. The van der Waals surface area contributed by atoms with Gasteiger partial charge in [-0.3, -0.25) is 0 Å². The molecule has 0 saturated heterocycles. The van der Waals surface area contributed by atoms with Gasteiger partial charge in [-0.2, -0.15) is 4.98 Å². The lowest BCUT2D eigenvalue weighted by Crippen LogP contribution is -2.23. The lowest BCUT2D eigenvalue weighted by atomic mass is 9.95. The number of nitrogens with zero attached hydrogens (tertiary/aromatic N) is 2. The highest BCUT2D eigenvalue weighted by Gasteiger charge is 2.16. The van der Waals surface area contributed by atoms with Crippen LogP contribution in [0.1, 0.15) is 37.7 Å². The molecule has 6 rings (SSSR count). The zero-order chi connectivity index (χ0) is 24.3. The van der Waals surface area contributed by atoms with Crippen LogP contribution < -0.4 is 15.8 Å². The third-order valence-electron chi connectivity index (χ3n) is 7.05. The molecule has 0 spiro atoms. The van der Waals surface area contributed by atoms with Crippen molar-refractivity contribution < 1.29 is 4.74 Å². The van der Waals surface area contributed by atoms with E-state index in [0.29, 0.717) is 18.6 Å². The maximum absolute atomic E-state index is 6.04. The van der Waals surface area contributed by atoms with Crippen LogP contribution in [0.5, 0.6) is 5.75 Å². The van der Waals surface area contributed by atoms with Crippen LogP contribution in [0, 0.1) is 0 Å². The molecule has 5 heteroatoms. The molecule has 5 aromatic rings. The van der Waals surface area contributed by atoms with Gasteiger partial charge in [0.25, 0.3) is 0 Å². The Morgan fingerprint density at radius 1 is 0.778 bits per heavy atom. The first kappa shape index (κ1) is 22.4. The summed E-state index contributed by atoms with van der Waals surface area (Å²) in [6, 6.07) is 29.8. The van der Waals surface area contributed by atoms with Gasteiger partial charge in [-0.15, -0.1) is 0 Å². The molecular weight excluding hydrogens is 444 g/mol. The van der Waals surface area contributed by atoms with Crippen molar-refractivity contribution >= 4 is 33.4 Å². The Balaban J connectivity index is 1.28. The smallest absolute Gasteiger partial charge is 0.222 e. The zero-order valence-electron chi connectivity index (χ0n) is 20.3. The lowest BCUT2D eigenvalue weighted by Gasteiger charge is -2.24. The monoisotopic (exact) mass is 474 g/mol. The number of ether oxygens (including phenoxy) is 1. The number of nitrogens with two attached hydrogens (primary N) is 1. The second kappa shape index (κ2) is 9.86. The highest BCUT2D eigenvalue weighted by Crippen LogP contribution is 2.32. The minimum absolute atomic E-state index is 0.310. The minimum Gasteiger partial charge on any atom is -0.489 e. The number of aromatic nitrogens is 2. The maximum Gasteiger partial charge on any atom is 0.222 e. The summed E-state index contributed by atoms with van der Waals surface area (Å²) >= 11 is 0. The van der Waals surface area contributed by atoms with E-state index in [1.54, 1.807) is 0 Å². The molecular formula is C31H30N4O. The molecule has 4 aromatic carbocycles. The molecule has 0 amide bonds. The van der Waals surface area contributed by atoms with E-state index in [9.17, 15) is 0 Å². The van der Waals surface area contributed by atoms with Crippen molar-refractivity contribution in [3.05, 3.63) is 90.5 Å². The van der Waals surface area contributed by atoms with E-state index in [0.717, 1.165) is 44.5 Å². The van der Waals surface area contributed by atoms with Crippen LogP contribution in [0.4, 0.5) is 11.8 Å². The Kier molecular flexibility index (Phi) is 6.12. The third kappa shape index (κ3) is 4.82. The van der Waals surface area contributed by atoms with Gasteiger partial charge < -0.3 is 15.8 Å². The molecule has 3 N–H and O–H groups in total.